The average molecular weight is 568 g/mol. The molecule has 2 fully saturated rings. The van der Waals surface area contributed by atoms with Crippen LogP contribution in [0, 0.1) is 6.92 Å². The lowest BCUT2D eigenvalue weighted by Gasteiger charge is -2.48. The normalized spacial score (nSPS) is 19.0. The Bertz CT molecular complexity index is 871. The summed E-state index contributed by atoms with van der Waals surface area (Å²) in [5.74, 6) is 2.68. The van der Waals surface area contributed by atoms with Crippen LogP contribution in [0.1, 0.15) is 50.4 Å². The molecule has 0 spiro atoms. The lowest BCUT2D eigenvalue weighted by molar-refractivity contribution is -0.0352. The average Bonchev–Trinajstić information content (AvgIpc) is 3.28. The highest BCUT2D eigenvalue weighted by molar-refractivity contribution is 14.0. The van der Waals surface area contributed by atoms with E-state index in [4.69, 9.17) is 9.73 Å². The third-order valence-corrected chi connectivity index (χ3v) is 6.70. The number of guanidine groups is 1. The molecular formula is C24H38IN7O. The number of halogens is 1. The highest BCUT2D eigenvalue weighted by Gasteiger charge is 2.38. The zero-order valence-electron chi connectivity index (χ0n) is 19.9. The highest BCUT2D eigenvalue weighted by atomic mass is 127. The summed E-state index contributed by atoms with van der Waals surface area (Å²) in [5, 5.41) is 7.08. The molecular weight excluding hydrogens is 529 g/mol. The molecule has 1 aliphatic heterocycles. The molecule has 0 atom stereocenters. The fraction of sp³-hybridized carbons (Fsp3) is 0.625. The summed E-state index contributed by atoms with van der Waals surface area (Å²) >= 11 is 0. The number of aliphatic imine (C=N–C) groups is 1. The van der Waals surface area contributed by atoms with E-state index in [1.807, 2.05) is 30.0 Å². The summed E-state index contributed by atoms with van der Waals surface area (Å²) in [5.41, 5.74) is 1.30. The number of hydrogen-bond donors (Lipinski definition) is 2. The number of nitrogens with zero attached hydrogens (tertiary/aromatic N) is 5. The van der Waals surface area contributed by atoms with Gasteiger partial charge >= 0.3 is 0 Å². The quantitative estimate of drug-likeness (QED) is 0.304. The fourth-order valence-electron chi connectivity index (χ4n) is 4.89. The second-order valence-electron chi connectivity index (χ2n) is 8.80. The van der Waals surface area contributed by atoms with Gasteiger partial charge in [0.15, 0.2) is 5.96 Å². The lowest BCUT2D eigenvalue weighted by atomic mass is 9.80. The molecule has 1 aliphatic carbocycles. The molecule has 0 radical (unpaired) electrons. The highest BCUT2D eigenvalue weighted by Crippen LogP contribution is 2.33. The van der Waals surface area contributed by atoms with Gasteiger partial charge in [-0.05, 0) is 38.3 Å². The van der Waals surface area contributed by atoms with Crippen molar-refractivity contribution in [1.29, 1.82) is 0 Å². The number of hydrogen-bond acceptors (Lipinski definition) is 5. The van der Waals surface area contributed by atoms with Crippen LogP contribution in [0.2, 0.25) is 0 Å². The number of morpholine rings is 1. The molecule has 8 nitrogen and oxygen atoms in total. The number of rotatable bonds is 7. The monoisotopic (exact) mass is 567 g/mol. The van der Waals surface area contributed by atoms with E-state index in [0.29, 0.717) is 6.54 Å². The molecule has 2 aromatic heterocycles. The van der Waals surface area contributed by atoms with Crippen LogP contribution in [0.25, 0.3) is 5.82 Å². The van der Waals surface area contributed by atoms with E-state index >= 15 is 0 Å². The lowest BCUT2D eigenvalue weighted by Crippen LogP contribution is -2.60. The Morgan fingerprint density at radius 3 is 2.55 bits per heavy atom. The number of nitrogens with one attached hydrogen (secondary N) is 2. The van der Waals surface area contributed by atoms with Gasteiger partial charge in [-0.2, -0.15) is 0 Å². The first-order chi connectivity index (χ1) is 15.7. The van der Waals surface area contributed by atoms with Gasteiger partial charge in [0.25, 0.3) is 0 Å². The van der Waals surface area contributed by atoms with Crippen molar-refractivity contribution < 1.29 is 4.74 Å². The van der Waals surface area contributed by atoms with Crippen LogP contribution in [-0.4, -0.2) is 70.3 Å². The third-order valence-electron chi connectivity index (χ3n) is 6.70. The van der Waals surface area contributed by atoms with Crippen molar-refractivity contribution in [3.8, 4) is 5.82 Å². The van der Waals surface area contributed by atoms with E-state index in [1.54, 1.807) is 6.20 Å². The van der Waals surface area contributed by atoms with Crippen molar-refractivity contribution >= 4 is 29.9 Å². The molecule has 9 heteroatoms. The van der Waals surface area contributed by atoms with Crippen LogP contribution in [0.5, 0.6) is 0 Å². The molecule has 1 saturated carbocycles. The second kappa shape index (κ2) is 12.7. The number of imidazole rings is 1. The van der Waals surface area contributed by atoms with E-state index in [9.17, 15) is 0 Å². The molecule has 4 rings (SSSR count). The van der Waals surface area contributed by atoms with Gasteiger partial charge in [0.05, 0.1) is 19.8 Å². The van der Waals surface area contributed by atoms with Crippen molar-refractivity contribution in [1.82, 2.24) is 30.1 Å². The van der Waals surface area contributed by atoms with Crippen molar-refractivity contribution in [2.75, 3.05) is 39.4 Å². The molecule has 2 aliphatic rings. The van der Waals surface area contributed by atoms with Gasteiger partial charge < -0.3 is 15.4 Å². The number of pyridine rings is 1. The summed E-state index contributed by atoms with van der Waals surface area (Å²) < 4.78 is 7.60. The van der Waals surface area contributed by atoms with Crippen LogP contribution in [0.4, 0.5) is 0 Å². The summed E-state index contributed by atoms with van der Waals surface area (Å²) in [6, 6.07) is 4.11. The maximum atomic E-state index is 5.62. The van der Waals surface area contributed by atoms with Gasteiger partial charge in [0.2, 0.25) is 0 Å². The molecule has 0 aromatic carbocycles. The van der Waals surface area contributed by atoms with E-state index < -0.39 is 0 Å². The Balaban J connectivity index is 0.00000306. The number of ether oxygens (including phenoxy) is 1. The second-order valence-corrected chi connectivity index (χ2v) is 8.80. The first-order valence-corrected chi connectivity index (χ1v) is 12.0. The first kappa shape index (κ1) is 25.9. The maximum Gasteiger partial charge on any atom is 0.191 e. The molecule has 3 heterocycles. The third kappa shape index (κ3) is 6.66. The Morgan fingerprint density at radius 2 is 1.91 bits per heavy atom. The van der Waals surface area contributed by atoms with E-state index in [1.165, 1.54) is 32.1 Å². The predicted octanol–water partition coefficient (Wildman–Crippen LogP) is 3.28. The van der Waals surface area contributed by atoms with Crippen LogP contribution >= 0.6 is 24.0 Å². The van der Waals surface area contributed by atoms with Crippen molar-refractivity contribution in [3.05, 3.63) is 42.1 Å². The van der Waals surface area contributed by atoms with Crippen molar-refractivity contribution in [2.24, 2.45) is 4.99 Å². The molecule has 0 unspecified atom stereocenters. The minimum Gasteiger partial charge on any atom is -0.379 e. The van der Waals surface area contributed by atoms with Gasteiger partial charge in [-0.15, -0.1) is 24.0 Å². The Kier molecular flexibility index (Phi) is 9.94. The molecule has 0 amide bonds. The first-order valence-electron chi connectivity index (χ1n) is 12.0. The Labute approximate surface area is 214 Å². The Morgan fingerprint density at radius 1 is 1.12 bits per heavy atom. The smallest absolute Gasteiger partial charge is 0.191 e. The number of aryl methyl sites for hydroxylation is 1. The molecule has 2 N–H and O–H groups in total. The Hall–Kier alpha value is -1.72. The van der Waals surface area contributed by atoms with Gasteiger partial charge in [0.1, 0.15) is 11.6 Å². The largest absolute Gasteiger partial charge is 0.379 e. The summed E-state index contributed by atoms with van der Waals surface area (Å²) in [6.45, 7) is 10.2. The summed E-state index contributed by atoms with van der Waals surface area (Å²) in [7, 11) is 0. The minimum absolute atomic E-state index is 0. The zero-order chi connectivity index (χ0) is 22.2. The van der Waals surface area contributed by atoms with Gasteiger partial charge in [-0.3, -0.25) is 9.47 Å². The van der Waals surface area contributed by atoms with Crippen LogP contribution < -0.4 is 10.6 Å². The summed E-state index contributed by atoms with van der Waals surface area (Å²) in [4.78, 5) is 16.4. The van der Waals surface area contributed by atoms with E-state index in [0.717, 1.165) is 62.6 Å². The molecule has 182 valence electrons. The predicted molar refractivity (Wildman–Crippen MR) is 143 cm³/mol. The fourth-order valence-corrected chi connectivity index (χ4v) is 4.89. The van der Waals surface area contributed by atoms with Crippen LogP contribution in [0.15, 0.2) is 35.7 Å². The van der Waals surface area contributed by atoms with Crippen molar-refractivity contribution in [2.45, 2.75) is 58.0 Å². The molecule has 1 saturated heterocycles. The molecule has 0 bridgehead atoms. The van der Waals surface area contributed by atoms with Crippen molar-refractivity contribution in [3.63, 3.8) is 0 Å². The van der Waals surface area contributed by atoms with Gasteiger partial charge in [0, 0.05) is 50.3 Å². The summed E-state index contributed by atoms with van der Waals surface area (Å²) in [6.07, 6.45) is 12.1. The van der Waals surface area contributed by atoms with E-state index in [-0.39, 0.29) is 29.5 Å². The molecule has 33 heavy (non-hydrogen) atoms. The SMILES string of the molecule is CCNC(=NCc1ccc(-n2ccnc2C)nc1)NCC1(N2CCOCC2)CCCCC1.I. The standard InChI is InChI=1S/C24H37N7O.HI/c1-3-25-23(28-18-21-7-8-22(27-17-21)31-12-11-26-20(31)2)29-19-24(9-5-4-6-10-24)30-13-15-32-16-14-30;/h7-8,11-12,17H,3-6,9-10,13-16,18-19H2,1-2H3,(H2,25,28,29);1H. The van der Waals surface area contributed by atoms with Crippen LogP contribution in [0.3, 0.4) is 0 Å². The topological polar surface area (TPSA) is 79.6 Å². The minimum atomic E-state index is 0. The number of aromatic nitrogens is 3. The maximum absolute atomic E-state index is 5.62. The zero-order valence-corrected chi connectivity index (χ0v) is 22.3. The van der Waals surface area contributed by atoms with Gasteiger partial charge in [-0.25, -0.2) is 15.0 Å². The van der Waals surface area contributed by atoms with Crippen LogP contribution in [-0.2, 0) is 11.3 Å². The van der Waals surface area contributed by atoms with E-state index in [2.05, 4.69) is 38.5 Å². The molecule has 2 aromatic rings. The van der Waals surface area contributed by atoms with Gasteiger partial charge in [-0.1, -0.05) is 25.3 Å².